The van der Waals surface area contributed by atoms with Crippen molar-refractivity contribution in [2.24, 2.45) is 11.3 Å². The highest BCUT2D eigenvalue weighted by molar-refractivity contribution is 5.88. The van der Waals surface area contributed by atoms with Crippen molar-refractivity contribution in [3.63, 3.8) is 0 Å². The van der Waals surface area contributed by atoms with Gasteiger partial charge in [-0.2, -0.15) is 8.78 Å². The molecular weight excluding hydrogens is 574 g/mol. The number of nitrogens with zero attached hydrogens (tertiary/aromatic N) is 2. The molecular formula is C29H38F2N2O10. The van der Waals surface area contributed by atoms with E-state index in [2.05, 4.69) is 4.90 Å². The Hall–Kier alpha value is -3.36. The Morgan fingerprint density at radius 3 is 2.12 bits per heavy atom. The molecule has 3 saturated heterocycles. The molecule has 238 valence electrons. The lowest BCUT2D eigenvalue weighted by Gasteiger charge is -2.50. The van der Waals surface area contributed by atoms with Gasteiger partial charge >= 0.3 is 24.5 Å². The molecule has 1 atom stereocenters. The molecule has 3 aliphatic heterocycles. The Morgan fingerprint density at radius 1 is 1.00 bits per heavy atom. The van der Waals surface area contributed by atoms with Gasteiger partial charge in [0.25, 0.3) is 0 Å². The fourth-order valence-corrected chi connectivity index (χ4v) is 6.64. The first-order valence-corrected chi connectivity index (χ1v) is 14.3. The van der Waals surface area contributed by atoms with E-state index in [-0.39, 0.29) is 17.7 Å². The molecule has 1 saturated carbocycles. The summed E-state index contributed by atoms with van der Waals surface area (Å²) in [7, 11) is 0. The molecule has 0 radical (unpaired) electrons. The van der Waals surface area contributed by atoms with E-state index in [9.17, 15) is 28.0 Å². The average molecular weight is 613 g/mol. The second kappa shape index (κ2) is 13.5. The maximum Gasteiger partial charge on any atom is 0.387 e. The third kappa shape index (κ3) is 7.98. The lowest BCUT2D eigenvalue weighted by molar-refractivity contribution is -0.170. The lowest BCUT2D eigenvalue weighted by Crippen LogP contribution is -2.61. The van der Waals surface area contributed by atoms with Crippen LogP contribution in [0.4, 0.5) is 8.78 Å². The Morgan fingerprint density at radius 2 is 1.60 bits per heavy atom. The minimum atomic E-state index is -2.79. The van der Waals surface area contributed by atoms with Crippen molar-refractivity contribution in [3.05, 3.63) is 29.8 Å². The first kappa shape index (κ1) is 32.6. The number of amides is 1. The van der Waals surface area contributed by atoms with Crippen molar-refractivity contribution in [2.45, 2.75) is 69.1 Å². The van der Waals surface area contributed by atoms with Gasteiger partial charge in [-0.15, -0.1) is 0 Å². The van der Waals surface area contributed by atoms with Gasteiger partial charge in [0.2, 0.25) is 5.91 Å². The number of halogens is 2. The predicted molar refractivity (Wildman–Crippen MR) is 145 cm³/mol. The Balaban J connectivity index is 0.000000277. The van der Waals surface area contributed by atoms with Crippen molar-refractivity contribution in [3.8, 4) is 5.75 Å². The molecule has 0 aromatic heterocycles. The highest BCUT2D eigenvalue weighted by atomic mass is 19.3. The van der Waals surface area contributed by atoms with Crippen LogP contribution in [0.25, 0.3) is 0 Å². The fraction of sp³-hybridized carbons (Fsp3) is 0.655. The number of piperidine rings is 1. The van der Waals surface area contributed by atoms with Gasteiger partial charge in [-0.25, -0.2) is 4.79 Å². The molecule has 1 aromatic carbocycles. The van der Waals surface area contributed by atoms with Gasteiger partial charge in [0.1, 0.15) is 5.75 Å². The van der Waals surface area contributed by atoms with E-state index < -0.39 is 43.0 Å². The number of rotatable bonds is 10. The molecule has 1 aliphatic carbocycles. The Bertz CT molecular complexity index is 1160. The van der Waals surface area contributed by atoms with Gasteiger partial charge < -0.3 is 39.7 Å². The van der Waals surface area contributed by atoms with E-state index in [1.165, 1.54) is 19.3 Å². The molecule has 3 heterocycles. The number of aliphatic hydroxyl groups is 1. The number of hydrogen-bond acceptors (Lipinski definition) is 8. The first-order chi connectivity index (χ1) is 20.3. The smallest absolute Gasteiger partial charge is 0.387 e. The number of carboxylic acids is 3. The summed E-state index contributed by atoms with van der Waals surface area (Å²) in [6.07, 6.45) is 3.23. The summed E-state index contributed by atoms with van der Waals surface area (Å²) in [5.74, 6) is -4.05. The number of benzene rings is 1. The average Bonchev–Trinajstić information content (AvgIpc) is 3.32. The van der Waals surface area contributed by atoms with Gasteiger partial charge in [-0.05, 0) is 62.7 Å². The highest BCUT2D eigenvalue weighted by Crippen LogP contribution is 2.48. The van der Waals surface area contributed by atoms with Gasteiger partial charge in [-0.1, -0.05) is 18.2 Å². The lowest BCUT2D eigenvalue weighted by atomic mass is 9.77. The predicted octanol–water partition coefficient (Wildman–Crippen LogP) is 2.25. The summed E-state index contributed by atoms with van der Waals surface area (Å²) in [5, 5.41) is 33.8. The standard InChI is InChI=1S/C23H30F2N2O3.C6H8O7/c24-22(25)30-20-4-2-1-3-19(20)16-6-9-26(10-7-16)18-5-8-23(11-18)14-27(15-23)21(28)17-12-29-13-17;7-3(8)1-6(13,5(11)12)2-4(9)10/h1-4,16-18,22H,5-15H2;13H,1-2H2,(H,7,8)(H,9,10)(H,11,12). The molecule has 4 aliphatic rings. The number of hydrogen-bond donors (Lipinski definition) is 4. The zero-order valence-corrected chi connectivity index (χ0v) is 23.7. The summed E-state index contributed by atoms with van der Waals surface area (Å²) in [4.78, 5) is 47.5. The topological polar surface area (TPSA) is 174 Å². The molecule has 43 heavy (non-hydrogen) atoms. The maximum absolute atomic E-state index is 12.7. The molecule has 1 unspecified atom stereocenters. The Labute approximate surface area is 247 Å². The number of carbonyl (C=O) groups excluding carboxylic acids is 1. The molecule has 1 aromatic rings. The molecule has 14 heteroatoms. The summed E-state index contributed by atoms with van der Waals surface area (Å²) < 4.78 is 35.4. The van der Waals surface area contributed by atoms with Crippen LogP contribution in [0.15, 0.2) is 24.3 Å². The van der Waals surface area contributed by atoms with Crippen molar-refractivity contribution in [1.82, 2.24) is 9.80 Å². The van der Waals surface area contributed by atoms with Crippen LogP contribution < -0.4 is 4.74 Å². The van der Waals surface area contributed by atoms with Crippen LogP contribution in [-0.4, -0.2) is 112 Å². The second-order valence-electron chi connectivity index (χ2n) is 12.0. The molecule has 1 spiro atoms. The van der Waals surface area contributed by atoms with Gasteiger partial charge in [0.15, 0.2) is 5.60 Å². The summed E-state index contributed by atoms with van der Waals surface area (Å²) in [6, 6.07) is 7.81. The van der Waals surface area contributed by atoms with E-state index >= 15 is 0 Å². The van der Waals surface area contributed by atoms with E-state index in [0.717, 1.165) is 44.6 Å². The van der Waals surface area contributed by atoms with Crippen LogP contribution in [0.1, 0.15) is 56.4 Å². The molecule has 12 nitrogen and oxygen atoms in total. The third-order valence-electron chi connectivity index (χ3n) is 8.93. The quantitative estimate of drug-likeness (QED) is 0.305. The summed E-state index contributed by atoms with van der Waals surface area (Å²) >= 11 is 0. The van der Waals surface area contributed by atoms with Gasteiger partial charge in [0.05, 0.1) is 32.0 Å². The monoisotopic (exact) mass is 612 g/mol. The zero-order chi connectivity index (χ0) is 31.4. The van der Waals surface area contributed by atoms with Crippen molar-refractivity contribution in [2.75, 3.05) is 39.4 Å². The van der Waals surface area contributed by atoms with Gasteiger partial charge in [0, 0.05) is 24.5 Å². The summed E-state index contributed by atoms with van der Waals surface area (Å²) in [5.41, 5.74) is -1.51. The minimum Gasteiger partial charge on any atom is -0.481 e. The van der Waals surface area contributed by atoms with E-state index in [4.69, 9.17) is 29.9 Å². The minimum absolute atomic E-state index is 0.0931. The first-order valence-electron chi connectivity index (χ1n) is 14.3. The number of likely N-dealkylation sites (tertiary alicyclic amines) is 2. The van der Waals surface area contributed by atoms with Crippen LogP contribution >= 0.6 is 0 Å². The molecule has 5 rings (SSSR count). The zero-order valence-electron chi connectivity index (χ0n) is 23.7. The number of para-hydroxylation sites is 1. The van der Waals surface area contributed by atoms with Crippen molar-refractivity contribution >= 4 is 23.8 Å². The second-order valence-corrected chi connectivity index (χ2v) is 12.0. The SMILES string of the molecule is O=C(C1COC1)N1CC2(CCC(N3CCC(c4ccccc4OC(F)F)CC3)C2)C1.O=C(O)CC(O)(CC(=O)O)C(=O)O. The van der Waals surface area contributed by atoms with Crippen LogP contribution in [-0.2, 0) is 23.9 Å². The normalized spacial score (nSPS) is 22.3. The van der Waals surface area contributed by atoms with E-state index in [0.29, 0.717) is 30.4 Å². The van der Waals surface area contributed by atoms with Crippen LogP contribution in [0, 0.1) is 11.3 Å². The van der Waals surface area contributed by atoms with Crippen LogP contribution in [0.2, 0.25) is 0 Å². The van der Waals surface area contributed by atoms with Gasteiger partial charge in [-0.3, -0.25) is 14.4 Å². The largest absolute Gasteiger partial charge is 0.481 e. The van der Waals surface area contributed by atoms with E-state index in [1.54, 1.807) is 12.1 Å². The maximum atomic E-state index is 12.7. The number of alkyl halides is 2. The highest BCUT2D eigenvalue weighted by Gasteiger charge is 2.52. The van der Waals surface area contributed by atoms with Crippen LogP contribution in [0.5, 0.6) is 5.75 Å². The van der Waals surface area contributed by atoms with Crippen molar-refractivity contribution < 1.29 is 57.9 Å². The summed E-state index contributed by atoms with van der Waals surface area (Å²) in [6.45, 7) is 2.21. The number of aliphatic carboxylic acids is 3. The van der Waals surface area contributed by atoms with Crippen molar-refractivity contribution in [1.29, 1.82) is 0 Å². The molecule has 4 fully saturated rings. The Kier molecular flexibility index (Phi) is 10.2. The number of ether oxygens (including phenoxy) is 2. The van der Waals surface area contributed by atoms with Crippen LogP contribution in [0.3, 0.4) is 0 Å². The fourth-order valence-electron chi connectivity index (χ4n) is 6.64. The molecule has 1 amide bonds. The molecule has 4 N–H and O–H groups in total. The molecule has 0 bridgehead atoms. The third-order valence-corrected chi connectivity index (χ3v) is 8.93. The number of carbonyl (C=O) groups is 4. The van der Waals surface area contributed by atoms with E-state index in [1.807, 2.05) is 17.0 Å². The number of carboxylic acid groups (broad SMARTS) is 3.